The van der Waals surface area contributed by atoms with E-state index in [9.17, 15) is 0 Å². The lowest BCUT2D eigenvalue weighted by molar-refractivity contribution is 0.387. The molecular weight excluding hydrogens is 330 g/mol. The Morgan fingerprint density at radius 2 is 2.08 bits per heavy atom. The Kier molecular flexibility index (Phi) is 5.04. The van der Waals surface area contributed by atoms with E-state index in [0.29, 0.717) is 11.6 Å². The van der Waals surface area contributed by atoms with E-state index in [1.165, 1.54) is 0 Å². The Labute approximate surface area is 153 Å². The number of rotatable bonds is 6. The first kappa shape index (κ1) is 17.4. The molecular formula is C20H23N3OS. The lowest BCUT2D eigenvalue weighted by Gasteiger charge is -2.13. The van der Waals surface area contributed by atoms with Crippen LogP contribution in [0.15, 0.2) is 42.5 Å². The summed E-state index contributed by atoms with van der Waals surface area (Å²) in [7, 11) is 1.67. The van der Waals surface area contributed by atoms with Gasteiger partial charge in [-0.1, -0.05) is 25.3 Å². The van der Waals surface area contributed by atoms with Crippen molar-refractivity contribution in [1.29, 1.82) is 0 Å². The quantitative estimate of drug-likeness (QED) is 0.568. The maximum Gasteiger partial charge on any atom is 0.191 e. The van der Waals surface area contributed by atoms with Crippen LogP contribution in [-0.4, -0.2) is 18.0 Å². The Bertz CT molecular complexity index is 846. The average molecular weight is 353 g/mol. The van der Waals surface area contributed by atoms with Gasteiger partial charge in [-0.15, -0.1) is 11.3 Å². The summed E-state index contributed by atoms with van der Waals surface area (Å²) in [5, 5.41) is 4.42. The number of aryl methyl sites for hydroxylation is 2. The predicted molar refractivity (Wildman–Crippen MR) is 107 cm³/mol. The molecule has 1 aromatic heterocycles. The molecule has 1 saturated carbocycles. The summed E-state index contributed by atoms with van der Waals surface area (Å²) < 4.78 is 5.40. The molecule has 1 aliphatic rings. The molecule has 1 N–H and O–H groups in total. The minimum Gasteiger partial charge on any atom is -0.484 e. The summed E-state index contributed by atoms with van der Waals surface area (Å²) in [5.41, 5.74) is 4.66. The molecule has 4 nitrogen and oxygen atoms in total. The number of anilines is 1. The van der Waals surface area contributed by atoms with Crippen LogP contribution < -0.4 is 5.32 Å². The molecule has 2 aromatic rings. The van der Waals surface area contributed by atoms with Gasteiger partial charge >= 0.3 is 0 Å². The molecule has 1 fully saturated rings. The number of hydrogen-bond donors (Lipinski definition) is 1. The minimum absolute atomic E-state index is 0.458. The van der Waals surface area contributed by atoms with Crippen LogP contribution in [0, 0.1) is 19.8 Å². The zero-order valence-corrected chi connectivity index (χ0v) is 15.7. The molecule has 3 rings (SSSR count). The highest BCUT2D eigenvalue weighted by molar-refractivity contribution is 7.12. The third-order valence-corrected chi connectivity index (χ3v) is 5.13. The normalized spacial score (nSPS) is 14.3. The fraction of sp³-hybridized carbons (Fsp3) is 0.300. The first-order chi connectivity index (χ1) is 12.0. The Hall–Kier alpha value is -2.40. The lowest BCUT2D eigenvalue weighted by atomic mass is 10.1. The van der Waals surface area contributed by atoms with Gasteiger partial charge in [0.2, 0.25) is 0 Å². The fourth-order valence-electron chi connectivity index (χ4n) is 2.49. The summed E-state index contributed by atoms with van der Waals surface area (Å²) in [5.74, 6) is 1.24. The fourth-order valence-corrected chi connectivity index (χ4v) is 3.20. The van der Waals surface area contributed by atoms with Crippen molar-refractivity contribution in [1.82, 2.24) is 4.98 Å². The van der Waals surface area contributed by atoms with E-state index in [2.05, 4.69) is 47.5 Å². The van der Waals surface area contributed by atoms with Gasteiger partial charge in [-0.3, -0.25) is 0 Å². The molecule has 0 spiro atoms. The van der Waals surface area contributed by atoms with Crippen LogP contribution in [0.1, 0.15) is 33.9 Å². The average Bonchev–Trinajstić information content (AvgIpc) is 3.34. The van der Waals surface area contributed by atoms with Crippen molar-refractivity contribution < 1.29 is 4.74 Å². The van der Waals surface area contributed by atoms with Gasteiger partial charge in [0.1, 0.15) is 0 Å². The van der Waals surface area contributed by atoms with E-state index >= 15 is 0 Å². The smallest absolute Gasteiger partial charge is 0.191 e. The molecule has 130 valence electrons. The van der Waals surface area contributed by atoms with Crippen molar-refractivity contribution in [3.63, 3.8) is 0 Å². The monoisotopic (exact) mass is 353 g/mol. The number of nitrogens with one attached hydrogen (secondary N) is 1. The molecule has 0 radical (unpaired) electrons. The molecule has 0 atom stereocenters. The SMILES string of the molecule is C=C(N=C(OC)C1CC1)c1ccc(C)c(NC(=C)c2cnc(C)s2)c1. The van der Waals surface area contributed by atoms with Crippen LogP contribution in [0.5, 0.6) is 0 Å². The van der Waals surface area contributed by atoms with Crippen LogP contribution in [0.4, 0.5) is 5.69 Å². The first-order valence-electron chi connectivity index (χ1n) is 8.29. The highest BCUT2D eigenvalue weighted by Crippen LogP contribution is 2.33. The first-order valence-corrected chi connectivity index (χ1v) is 9.11. The Morgan fingerprint density at radius 1 is 1.32 bits per heavy atom. The third kappa shape index (κ3) is 4.17. The van der Waals surface area contributed by atoms with Crippen molar-refractivity contribution in [3.05, 3.63) is 58.6 Å². The van der Waals surface area contributed by atoms with E-state index in [-0.39, 0.29) is 0 Å². The minimum atomic E-state index is 0.458. The highest BCUT2D eigenvalue weighted by Gasteiger charge is 2.28. The van der Waals surface area contributed by atoms with E-state index in [4.69, 9.17) is 4.74 Å². The molecule has 1 heterocycles. The highest BCUT2D eigenvalue weighted by atomic mass is 32.1. The van der Waals surface area contributed by atoms with Crippen molar-refractivity contribution in [2.45, 2.75) is 26.7 Å². The molecule has 0 unspecified atom stereocenters. The molecule has 0 saturated heterocycles. The van der Waals surface area contributed by atoms with Crippen molar-refractivity contribution >= 4 is 34.3 Å². The molecule has 0 bridgehead atoms. The van der Waals surface area contributed by atoms with Gasteiger partial charge in [-0.2, -0.15) is 0 Å². The Morgan fingerprint density at radius 3 is 2.68 bits per heavy atom. The summed E-state index contributed by atoms with van der Waals surface area (Å²) >= 11 is 1.62. The molecule has 25 heavy (non-hydrogen) atoms. The summed E-state index contributed by atoms with van der Waals surface area (Å²) in [6.07, 6.45) is 4.14. The number of methoxy groups -OCH3 is 1. The second-order valence-corrected chi connectivity index (χ2v) is 7.49. The van der Waals surface area contributed by atoms with Gasteiger partial charge in [-0.25, -0.2) is 9.98 Å². The van der Waals surface area contributed by atoms with Crippen LogP contribution in [0.2, 0.25) is 0 Å². The second-order valence-electron chi connectivity index (χ2n) is 6.25. The summed E-state index contributed by atoms with van der Waals surface area (Å²) in [6, 6.07) is 6.15. The second kappa shape index (κ2) is 7.23. The number of aromatic nitrogens is 1. The molecule has 1 aliphatic carbocycles. The topological polar surface area (TPSA) is 46.5 Å². The van der Waals surface area contributed by atoms with Crippen LogP contribution in [0.25, 0.3) is 11.4 Å². The van der Waals surface area contributed by atoms with E-state index in [1.54, 1.807) is 18.4 Å². The molecule has 1 aromatic carbocycles. The maximum absolute atomic E-state index is 5.40. The van der Waals surface area contributed by atoms with Gasteiger partial charge in [0.05, 0.1) is 28.4 Å². The number of hydrogen-bond acceptors (Lipinski definition) is 5. The zero-order chi connectivity index (χ0) is 18.0. The number of thiazole rings is 1. The van der Waals surface area contributed by atoms with E-state index in [0.717, 1.165) is 51.1 Å². The third-order valence-electron chi connectivity index (χ3n) is 4.16. The molecule has 0 aliphatic heterocycles. The van der Waals surface area contributed by atoms with E-state index in [1.807, 2.05) is 19.2 Å². The van der Waals surface area contributed by atoms with Crippen molar-refractivity contribution in [2.24, 2.45) is 10.9 Å². The largest absolute Gasteiger partial charge is 0.484 e. The van der Waals surface area contributed by atoms with E-state index < -0.39 is 0 Å². The Balaban J connectivity index is 1.80. The summed E-state index contributed by atoms with van der Waals surface area (Å²) in [6.45, 7) is 12.3. The molecule has 0 amide bonds. The van der Waals surface area contributed by atoms with Gasteiger partial charge in [0.25, 0.3) is 0 Å². The van der Waals surface area contributed by atoms with Gasteiger partial charge in [0, 0.05) is 23.4 Å². The molecule has 5 heteroatoms. The standard InChI is InChI=1S/C20H23N3OS/c1-12-6-7-17(13(2)23-20(24-5)16-8-9-16)10-18(12)22-14(3)19-11-21-15(4)25-19/h6-7,10-11,16,22H,2-3,8-9H2,1,4-5H3. The van der Waals surface area contributed by atoms with Gasteiger partial charge < -0.3 is 10.1 Å². The van der Waals surface area contributed by atoms with Crippen LogP contribution >= 0.6 is 11.3 Å². The van der Waals surface area contributed by atoms with Gasteiger partial charge in [-0.05, 0) is 38.3 Å². The number of aliphatic imine (C=N–C) groups is 1. The zero-order valence-electron chi connectivity index (χ0n) is 14.9. The maximum atomic E-state index is 5.40. The summed E-state index contributed by atoms with van der Waals surface area (Å²) in [4.78, 5) is 9.90. The predicted octanol–water partition coefficient (Wildman–Crippen LogP) is 5.27. The van der Waals surface area contributed by atoms with Crippen molar-refractivity contribution in [2.75, 3.05) is 12.4 Å². The number of benzene rings is 1. The van der Waals surface area contributed by atoms with Crippen LogP contribution in [-0.2, 0) is 4.74 Å². The lowest BCUT2D eigenvalue weighted by Crippen LogP contribution is -2.04. The number of ether oxygens (including phenoxy) is 1. The van der Waals surface area contributed by atoms with Gasteiger partial charge in [0.15, 0.2) is 5.90 Å². The van der Waals surface area contributed by atoms with Crippen LogP contribution in [0.3, 0.4) is 0 Å². The number of nitrogens with zero attached hydrogens (tertiary/aromatic N) is 2. The van der Waals surface area contributed by atoms with Crippen molar-refractivity contribution in [3.8, 4) is 0 Å².